The lowest BCUT2D eigenvalue weighted by molar-refractivity contribution is -0.127. The molecule has 0 N–H and O–H groups in total. The lowest BCUT2D eigenvalue weighted by Crippen LogP contribution is -2.28. The number of aromatic nitrogens is 1. The van der Waals surface area contributed by atoms with Crippen molar-refractivity contribution in [2.24, 2.45) is 13.0 Å². The number of rotatable bonds is 5. The normalized spacial score (nSPS) is 18.9. The Hall–Kier alpha value is -1.80. The van der Waals surface area contributed by atoms with Gasteiger partial charge in [0.05, 0.1) is 0 Å². The Kier molecular flexibility index (Phi) is 4.46. The molecule has 1 atom stereocenters. The lowest BCUT2D eigenvalue weighted by Gasteiger charge is -2.20. The second kappa shape index (κ2) is 6.10. The van der Waals surface area contributed by atoms with Crippen LogP contribution in [0.25, 0.3) is 0 Å². The molecule has 0 saturated carbocycles. The highest BCUT2D eigenvalue weighted by Gasteiger charge is 2.28. The first-order chi connectivity index (χ1) is 9.53. The lowest BCUT2D eigenvalue weighted by atomic mass is 10.1. The molecule has 1 amide bonds. The van der Waals surface area contributed by atoms with Crippen LogP contribution in [-0.2, 0) is 18.4 Å². The summed E-state index contributed by atoms with van der Waals surface area (Å²) in [6, 6.07) is 4.10. The molecule has 1 aromatic rings. The van der Waals surface area contributed by atoms with Gasteiger partial charge in [0, 0.05) is 45.8 Å². The number of amides is 1. The molecule has 1 fully saturated rings. The van der Waals surface area contributed by atoms with E-state index in [2.05, 4.69) is 18.0 Å². The summed E-state index contributed by atoms with van der Waals surface area (Å²) in [5.41, 5.74) is 1.82. The van der Waals surface area contributed by atoms with Crippen molar-refractivity contribution in [3.8, 4) is 6.07 Å². The monoisotopic (exact) mass is 274 g/mol. The van der Waals surface area contributed by atoms with E-state index in [1.807, 2.05) is 35.7 Å². The van der Waals surface area contributed by atoms with Crippen LogP contribution in [0.5, 0.6) is 0 Å². The van der Waals surface area contributed by atoms with Gasteiger partial charge in [-0.25, -0.2) is 0 Å². The molecule has 0 bridgehead atoms. The first-order valence-electron chi connectivity index (χ1n) is 7.05. The zero-order chi connectivity index (χ0) is 14.7. The standard InChI is InChI=1S/C15H22N4O/c1-4-19-11-13(6-15(19)20)9-17(2)8-12-5-14(7-16)18(3)10-12/h5,10,13H,4,6,8-9,11H2,1-3H3/t13-/m1/s1. The van der Waals surface area contributed by atoms with E-state index in [-0.39, 0.29) is 5.91 Å². The van der Waals surface area contributed by atoms with E-state index in [1.54, 1.807) is 0 Å². The van der Waals surface area contributed by atoms with E-state index in [9.17, 15) is 4.79 Å². The zero-order valence-corrected chi connectivity index (χ0v) is 12.5. The molecule has 2 heterocycles. The van der Waals surface area contributed by atoms with Gasteiger partial charge in [-0.15, -0.1) is 0 Å². The average molecular weight is 274 g/mol. The molecule has 0 radical (unpaired) electrons. The van der Waals surface area contributed by atoms with Gasteiger partial charge >= 0.3 is 0 Å². The molecule has 108 valence electrons. The number of carbonyl (C=O) groups excluding carboxylic acids is 1. The Labute approximate surface area is 120 Å². The Morgan fingerprint density at radius 3 is 2.85 bits per heavy atom. The minimum Gasteiger partial charge on any atom is -0.343 e. The maximum atomic E-state index is 11.7. The Bertz CT molecular complexity index is 528. The van der Waals surface area contributed by atoms with Gasteiger partial charge in [0.15, 0.2) is 0 Å². The molecular formula is C15H22N4O. The number of likely N-dealkylation sites (tertiary alicyclic amines) is 1. The van der Waals surface area contributed by atoms with E-state index in [4.69, 9.17) is 5.26 Å². The molecule has 1 aromatic heterocycles. The molecule has 2 rings (SSSR count). The Morgan fingerprint density at radius 2 is 2.30 bits per heavy atom. The number of nitrogens with zero attached hydrogens (tertiary/aromatic N) is 4. The fraction of sp³-hybridized carbons (Fsp3) is 0.600. The van der Waals surface area contributed by atoms with Crippen molar-refractivity contribution >= 4 is 5.91 Å². The maximum absolute atomic E-state index is 11.7. The third-order valence-electron chi connectivity index (χ3n) is 3.87. The van der Waals surface area contributed by atoms with Crippen molar-refractivity contribution in [3.05, 3.63) is 23.5 Å². The minimum absolute atomic E-state index is 0.275. The molecule has 5 nitrogen and oxygen atoms in total. The van der Waals surface area contributed by atoms with Crippen molar-refractivity contribution in [3.63, 3.8) is 0 Å². The highest BCUT2D eigenvalue weighted by atomic mass is 16.2. The van der Waals surface area contributed by atoms with Gasteiger partial charge in [0.25, 0.3) is 0 Å². The van der Waals surface area contributed by atoms with Crippen LogP contribution in [0.2, 0.25) is 0 Å². The van der Waals surface area contributed by atoms with E-state index < -0.39 is 0 Å². The van der Waals surface area contributed by atoms with E-state index in [0.717, 1.165) is 31.7 Å². The number of carbonyl (C=O) groups is 1. The van der Waals surface area contributed by atoms with Gasteiger partial charge in [0.1, 0.15) is 11.8 Å². The second-order valence-corrected chi connectivity index (χ2v) is 5.66. The topological polar surface area (TPSA) is 52.3 Å². The summed E-state index contributed by atoms with van der Waals surface area (Å²) in [7, 11) is 3.95. The van der Waals surface area contributed by atoms with Crippen LogP contribution >= 0.6 is 0 Å². The van der Waals surface area contributed by atoms with Gasteiger partial charge in [0.2, 0.25) is 5.91 Å². The third-order valence-corrected chi connectivity index (χ3v) is 3.87. The third kappa shape index (κ3) is 3.20. The van der Waals surface area contributed by atoms with Crippen LogP contribution in [0, 0.1) is 17.2 Å². The highest BCUT2D eigenvalue weighted by molar-refractivity contribution is 5.78. The molecule has 0 spiro atoms. The number of hydrogen-bond donors (Lipinski definition) is 0. The van der Waals surface area contributed by atoms with Crippen molar-refractivity contribution in [2.45, 2.75) is 19.9 Å². The van der Waals surface area contributed by atoms with Crippen LogP contribution in [0.15, 0.2) is 12.3 Å². The van der Waals surface area contributed by atoms with E-state index in [0.29, 0.717) is 18.0 Å². The predicted molar refractivity (Wildman–Crippen MR) is 76.8 cm³/mol. The molecule has 1 aliphatic heterocycles. The summed E-state index contributed by atoms with van der Waals surface area (Å²) in [6.45, 7) is 5.43. The van der Waals surface area contributed by atoms with Crippen molar-refractivity contribution in [1.82, 2.24) is 14.4 Å². The Morgan fingerprint density at radius 1 is 1.55 bits per heavy atom. The van der Waals surface area contributed by atoms with Crippen molar-refractivity contribution < 1.29 is 4.79 Å². The Balaban J connectivity index is 1.88. The van der Waals surface area contributed by atoms with Gasteiger partial charge in [-0.2, -0.15) is 5.26 Å². The molecule has 20 heavy (non-hydrogen) atoms. The minimum atomic E-state index is 0.275. The highest BCUT2D eigenvalue weighted by Crippen LogP contribution is 2.19. The first kappa shape index (κ1) is 14.6. The van der Waals surface area contributed by atoms with E-state index >= 15 is 0 Å². The average Bonchev–Trinajstić information content (AvgIpc) is 2.91. The molecule has 0 aliphatic carbocycles. The van der Waals surface area contributed by atoms with Crippen molar-refractivity contribution in [1.29, 1.82) is 5.26 Å². The first-order valence-corrected chi connectivity index (χ1v) is 7.05. The molecule has 1 aliphatic rings. The second-order valence-electron chi connectivity index (χ2n) is 5.66. The maximum Gasteiger partial charge on any atom is 0.222 e. The summed E-state index contributed by atoms with van der Waals surface area (Å²) >= 11 is 0. The van der Waals surface area contributed by atoms with Gasteiger partial charge in [-0.05, 0) is 31.5 Å². The summed E-state index contributed by atoms with van der Waals surface area (Å²) < 4.78 is 1.85. The smallest absolute Gasteiger partial charge is 0.222 e. The summed E-state index contributed by atoms with van der Waals surface area (Å²) in [6.07, 6.45) is 2.66. The summed E-state index contributed by atoms with van der Waals surface area (Å²) in [4.78, 5) is 15.9. The quantitative estimate of drug-likeness (QED) is 0.810. The SMILES string of the molecule is CCN1C[C@@H](CN(C)Cc2cc(C#N)n(C)c2)CC1=O. The van der Waals surface area contributed by atoms with Crippen LogP contribution in [0.1, 0.15) is 24.6 Å². The fourth-order valence-corrected chi connectivity index (χ4v) is 2.93. The van der Waals surface area contributed by atoms with Gasteiger partial charge in [-0.3, -0.25) is 4.79 Å². The summed E-state index contributed by atoms with van der Waals surface area (Å²) in [5.74, 6) is 0.698. The predicted octanol–water partition coefficient (Wildman–Crippen LogP) is 1.20. The number of nitriles is 1. The molecule has 1 saturated heterocycles. The van der Waals surface area contributed by atoms with Crippen LogP contribution in [0.4, 0.5) is 0 Å². The van der Waals surface area contributed by atoms with Crippen molar-refractivity contribution in [2.75, 3.05) is 26.7 Å². The number of aryl methyl sites for hydroxylation is 1. The van der Waals surface area contributed by atoms with E-state index in [1.165, 1.54) is 0 Å². The molecule has 0 unspecified atom stereocenters. The van der Waals surface area contributed by atoms with Crippen LogP contribution in [0.3, 0.4) is 0 Å². The summed E-state index contributed by atoms with van der Waals surface area (Å²) in [5, 5.41) is 8.95. The molecule has 5 heteroatoms. The van der Waals surface area contributed by atoms with Gasteiger partial charge < -0.3 is 14.4 Å². The largest absolute Gasteiger partial charge is 0.343 e. The van der Waals surface area contributed by atoms with Crippen LogP contribution in [-0.4, -0.2) is 47.0 Å². The van der Waals surface area contributed by atoms with Crippen LogP contribution < -0.4 is 0 Å². The molecule has 0 aromatic carbocycles. The zero-order valence-electron chi connectivity index (χ0n) is 12.5. The molecular weight excluding hydrogens is 252 g/mol. The number of hydrogen-bond acceptors (Lipinski definition) is 3. The fourth-order valence-electron chi connectivity index (χ4n) is 2.93. The van der Waals surface area contributed by atoms with Gasteiger partial charge in [-0.1, -0.05) is 0 Å².